The molecular formula is C20H28O4Si. The van der Waals surface area contributed by atoms with Gasteiger partial charge in [0.2, 0.25) is 0 Å². The molecule has 1 atom stereocenters. The van der Waals surface area contributed by atoms with Crippen LogP contribution < -0.4 is 0 Å². The van der Waals surface area contributed by atoms with Gasteiger partial charge in [0.1, 0.15) is 0 Å². The first-order valence-electron chi connectivity index (χ1n) is 8.25. The Balaban J connectivity index is 3.46. The standard InChI is InChI=1S/C20H28O4Si/c1-7-13-20(19(22)24-3,25(4,5)6)15-17(18(21)23-2)14-16-11-9-8-10-12-16/h7-12,14H,1,13,15H2,2-6H3/b17-14-. The Morgan fingerprint density at radius 2 is 1.72 bits per heavy atom. The molecule has 0 amide bonds. The van der Waals surface area contributed by atoms with E-state index in [0.717, 1.165) is 5.56 Å². The third-order valence-electron chi connectivity index (χ3n) is 4.58. The molecule has 4 nitrogen and oxygen atoms in total. The fourth-order valence-electron chi connectivity index (χ4n) is 2.94. The molecule has 0 aliphatic rings. The molecule has 0 N–H and O–H groups in total. The molecule has 136 valence electrons. The summed E-state index contributed by atoms with van der Waals surface area (Å²) in [5.41, 5.74) is 1.35. The molecule has 0 aromatic heterocycles. The lowest BCUT2D eigenvalue weighted by Gasteiger charge is -2.40. The number of allylic oxidation sites excluding steroid dienone is 1. The maximum absolute atomic E-state index is 12.8. The van der Waals surface area contributed by atoms with E-state index >= 15 is 0 Å². The smallest absolute Gasteiger partial charge is 0.333 e. The van der Waals surface area contributed by atoms with Crippen molar-refractivity contribution in [3.63, 3.8) is 0 Å². The third-order valence-corrected chi connectivity index (χ3v) is 8.04. The normalized spacial score (nSPS) is 14.4. The number of carbonyl (C=O) groups excluding carboxylic acids is 2. The van der Waals surface area contributed by atoms with Crippen LogP contribution in [0.2, 0.25) is 24.7 Å². The number of hydrogen-bond donors (Lipinski definition) is 0. The highest BCUT2D eigenvalue weighted by Crippen LogP contribution is 2.49. The van der Waals surface area contributed by atoms with Crippen molar-refractivity contribution in [3.05, 3.63) is 54.1 Å². The fourth-order valence-corrected chi connectivity index (χ4v) is 5.13. The number of hydrogen-bond acceptors (Lipinski definition) is 4. The van der Waals surface area contributed by atoms with Crippen LogP contribution in [0.25, 0.3) is 6.08 Å². The van der Waals surface area contributed by atoms with Crippen molar-refractivity contribution in [2.45, 2.75) is 37.5 Å². The van der Waals surface area contributed by atoms with E-state index in [1.54, 1.807) is 12.2 Å². The highest BCUT2D eigenvalue weighted by atomic mass is 28.3. The van der Waals surface area contributed by atoms with Crippen LogP contribution in [0, 0.1) is 0 Å². The first-order chi connectivity index (χ1) is 11.7. The second-order valence-electron chi connectivity index (χ2n) is 7.07. The monoisotopic (exact) mass is 360 g/mol. The van der Waals surface area contributed by atoms with Crippen molar-refractivity contribution in [1.29, 1.82) is 0 Å². The predicted molar refractivity (Wildman–Crippen MR) is 104 cm³/mol. The maximum Gasteiger partial charge on any atom is 0.333 e. The summed E-state index contributed by atoms with van der Waals surface area (Å²) in [5.74, 6) is -0.728. The molecule has 0 aliphatic heterocycles. The molecule has 25 heavy (non-hydrogen) atoms. The van der Waals surface area contributed by atoms with E-state index in [-0.39, 0.29) is 12.4 Å². The molecule has 1 unspecified atom stereocenters. The van der Waals surface area contributed by atoms with E-state index in [1.807, 2.05) is 30.3 Å². The van der Waals surface area contributed by atoms with E-state index in [4.69, 9.17) is 9.47 Å². The van der Waals surface area contributed by atoms with Gasteiger partial charge in [0, 0.05) is 5.57 Å². The minimum absolute atomic E-state index is 0.267. The number of esters is 2. The fraction of sp³-hybridized carbons (Fsp3) is 0.400. The summed E-state index contributed by atoms with van der Waals surface area (Å²) in [6, 6.07) is 9.52. The zero-order valence-corrected chi connectivity index (χ0v) is 16.8. The minimum atomic E-state index is -2.07. The molecule has 1 aromatic carbocycles. The van der Waals surface area contributed by atoms with Gasteiger partial charge in [0.15, 0.2) is 0 Å². The van der Waals surface area contributed by atoms with Crippen LogP contribution in [-0.2, 0) is 19.1 Å². The summed E-state index contributed by atoms with van der Waals surface area (Å²) in [4.78, 5) is 25.1. The van der Waals surface area contributed by atoms with Crippen molar-refractivity contribution in [2.75, 3.05) is 14.2 Å². The molecule has 1 aromatic rings. The Morgan fingerprint density at radius 1 is 1.12 bits per heavy atom. The summed E-state index contributed by atoms with van der Waals surface area (Å²) >= 11 is 0. The summed E-state index contributed by atoms with van der Waals surface area (Å²) in [6.45, 7) is 10.1. The molecule has 0 heterocycles. The van der Waals surface area contributed by atoms with Crippen LogP contribution in [0.15, 0.2) is 48.6 Å². The highest BCUT2D eigenvalue weighted by Gasteiger charge is 2.50. The average Bonchev–Trinajstić information content (AvgIpc) is 2.58. The first kappa shape index (κ1) is 20.9. The summed E-state index contributed by atoms with van der Waals surface area (Å²) in [7, 11) is 0.663. The van der Waals surface area contributed by atoms with Gasteiger partial charge in [-0.05, 0) is 24.5 Å². The van der Waals surface area contributed by atoms with E-state index in [0.29, 0.717) is 12.0 Å². The summed E-state index contributed by atoms with van der Waals surface area (Å²) in [5, 5.41) is -0.779. The lowest BCUT2D eigenvalue weighted by atomic mass is 9.93. The van der Waals surface area contributed by atoms with Gasteiger partial charge in [0.05, 0.1) is 27.3 Å². The second-order valence-corrected chi connectivity index (χ2v) is 12.5. The number of rotatable bonds is 8. The summed E-state index contributed by atoms with van der Waals surface area (Å²) < 4.78 is 10.1. The molecule has 0 saturated heterocycles. The van der Waals surface area contributed by atoms with Crippen LogP contribution in [0.4, 0.5) is 0 Å². The van der Waals surface area contributed by atoms with Crippen molar-refractivity contribution < 1.29 is 19.1 Å². The van der Waals surface area contributed by atoms with Crippen LogP contribution in [0.5, 0.6) is 0 Å². The van der Waals surface area contributed by atoms with Crippen LogP contribution >= 0.6 is 0 Å². The lowest BCUT2D eigenvalue weighted by Crippen LogP contribution is -2.46. The zero-order chi connectivity index (χ0) is 19.1. The minimum Gasteiger partial charge on any atom is -0.469 e. The van der Waals surface area contributed by atoms with Crippen molar-refractivity contribution in [2.24, 2.45) is 0 Å². The average molecular weight is 361 g/mol. The highest BCUT2D eigenvalue weighted by molar-refractivity contribution is 6.82. The van der Waals surface area contributed by atoms with Gasteiger partial charge in [0.25, 0.3) is 0 Å². The Bertz CT molecular complexity index is 643. The van der Waals surface area contributed by atoms with Crippen molar-refractivity contribution >= 4 is 26.1 Å². The number of carbonyl (C=O) groups is 2. The van der Waals surface area contributed by atoms with Crippen LogP contribution in [-0.4, -0.2) is 34.2 Å². The topological polar surface area (TPSA) is 52.6 Å². The van der Waals surface area contributed by atoms with E-state index in [2.05, 4.69) is 26.2 Å². The van der Waals surface area contributed by atoms with Gasteiger partial charge in [-0.15, -0.1) is 6.58 Å². The van der Waals surface area contributed by atoms with Crippen molar-refractivity contribution in [3.8, 4) is 0 Å². The Kier molecular flexibility index (Phi) is 7.36. The molecule has 0 aliphatic carbocycles. The third kappa shape index (κ3) is 4.92. The van der Waals surface area contributed by atoms with Crippen LogP contribution in [0.1, 0.15) is 18.4 Å². The summed E-state index contributed by atoms with van der Waals surface area (Å²) in [6.07, 6.45) is 4.24. The van der Waals surface area contributed by atoms with E-state index in [9.17, 15) is 9.59 Å². The number of benzene rings is 1. The van der Waals surface area contributed by atoms with Crippen molar-refractivity contribution in [1.82, 2.24) is 0 Å². The quantitative estimate of drug-likeness (QED) is 0.297. The van der Waals surface area contributed by atoms with E-state index < -0.39 is 19.1 Å². The Hall–Kier alpha value is -2.14. The van der Waals surface area contributed by atoms with Crippen LogP contribution in [0.3, 0.4) is 0 Å². The molecular weight excluding hydrogens is 332 g/mol. The largest absolute Gasteiger partial charge is 0.469 e. The lowest BCUT2D eigenvalue weighted by molar-refractivity contribution is -0.144. The molecule has 0 saturated carbocycles. The molecule has 0 fully saturated rings. The molecule has 5 heteroatoms. The van der Waals surface area contributed by atoms with Gasteiger partial charge in [-0.25, -0.2) is 4.79 Å². The Morgan fingerprint density at radius 3 is 2.16 bits per heavy atom. The van der Waals surface area contributed by atoms with Gasteiger partial charge < -0.3 is 9.47 Å². The van der Waals surface area contributed by atoms with Gasteiger partial charge in [-0.1, -0.05) is 56.0 Å². The maximum atomic E-state index is 12.8. The SMILES string of the molecule is C=CCC(C/C(=C/c1ccccc1)C(=O)OC)(C(=O)OC)[Si](C)(C)C. The molecule has 0 bridgehead atoms. The van der Waals surface area contributed by atoms with E-state index in [1.165, 1.54) is 14.2 Å². The van der Waals surface area contributed by atoms with Gasteiger partial charge >= 0.3 is 11.9 Å². The second kappa shape index (κ2) is 8.81. The zero-order valence-electron chi connectivity index (χ0n) is 15.8. The van der Waals surface area contributed by atoms with Gasteiger partial charge in [-0.3, -0.25) is 4.79 Å². The first-order valence-corrected chi connectivity index (χ1v) is 11.7. The predicted octanol–water partition coefficient (Wildman–Crippen LogP) is 4.46. The number of methoxy groups -OCH3 is 2. The molecule has 1 rings (SSSR count). The molecule has 0 radical (unpaired) electrons. The van der Waals surface area contributed by atoms with Gasteiger partial charge in [-0.2, -0.15) is 0 Å². The Labute approximate surface area is 151 Å². The molecule has 0 spiro atoms. The number of ether oxygens (including phenoxy) is 2.